The van der Waals surface area contributed by atoms with Crippen LogP contribution >= 0.6 is 0 Å². The van der Waals surface area contributed by atoms with Gasteiger partial charge in [-0.05, 0) is 178 Å². The number of amides is 5. The van der Waals surface area contributed by atoms with Crippen molar-refractivity contribution in [2.75, 3.05) is 39.3 Å². The smallest absolute Gasteiger partial charge is 0.329 e. The molecule has 0 unspecified atom stereocenters. The highest BCUT2D eigenvalue weighted by Gasteiger charge is 2.34. The maximum Gasteiger partial charge on any atom is 0.329 e. The van der Waals surface area contributed by atoms with Crippen molar-refractivity contribution in [1.82, 2.24) is 49.8 Å². The van der Waals surface area contributed by atoms with Crippen LogP contribution in [-0.4, -0.2) is 190 Å². The summed E-state index contributed by atoms with van der Waals surface area (Å²) in [6.45, 7) is 33.1. The fourth-order valence-corrected chi connectivity index (χ4v) is 8.45. The molecule has 520 valence electrons. The second-order valence-corrected chi connectivity index (χ2v) is 29.4. The van der Waals surface area contributed by atoms with Crippen molar-refractivity contribution in [3.63, 3.8) is 0 Å². The molecule has 0 saturated carbocycles. The largest absolute Gasteiger partial charge is 0.460 e. The maximum atomic E-state index is 14.1. The molecule has 28 heteroatoms. The van der Waals surface area contributed by atoms with Crippen LogP contribution < -0.4 is 16.0 Å². The first-order valence-electron chi connectivity index (χ1n) is 31.1. The summed E-state index contributed by atoms with van der Waals surface area (Å²) in [6.07, 6.45) is 6.96. The second kappa shape index (κ2) is 34.9. The van der Waals surface area contributed by atoms with Crippen LogP contribution in [0.2, 0.25) is 0 Å². The predicted molar refractivity (Wildman–Crippen MR) is 337 cm³/mol. The fraction of sp³-hybridized carbons (Fsp3) is 0.734. The lowest BCUT2D eigenvalue weighted by molar-refractivity contribution is -0.165. The summed E-state index contributed by atoms with van der Waals surface area (Å²) in [5.74, 6) is -6.00. The lowest BCUT2D eigenvalue weighted by Gasteiger charge is -2.27. The molecule has 0 aromatic carbocycles. The minimum Gasteiger partial charge on any atom is -0.460 e. The first-order chi connectivity index (χ1) is 41.9. The van der Waals surface area contributed by atoms with Crippen LogP contribution in [0.15, 0.2) is 24.8 Å². The second-order valence-electron chi connectivity index (χ2n) is 29.4. The normalized spacial score (nSPS) is 13.0. The predicted octanol–water partition coefficient (Wildman–Crippen LogP) is 6.01. The summed E-state index contributed by atoms with van der Waals surface area (Å²) in [5.41, 5.74) is -6.20. The van der Waals surface area contributed by atoms with Crippen molar-refractivity contribution < 1.29 is 85.9 Å². The molecule has 2 rings (SSSR count). The summed E-state index contributed by atoms with van der Waals surface area (Å²) < 4.78 is 41.6. The average molecular weight is 1300 g/mol. The van der Waals surface area contributed by atoms with E-state index in [1.54, 1.807) is 167 Å². The fourth-order valence-electron chi connectivity index (χ4n) is 8.45. The van der Waals surface area contributed by atoms with Crippen molar-refractivity contribution in [3.8, 4) is 0 Å². The molecule has 0 aliphatic rings. The van der Waals surface area contributed by atoms with Gasteiger partial charge in [0.15, 0.2) is 0 Å². The van der Waals surface area contributed by atoms with Gasteiger partial charge >= 0.3 is 47.8 Å². The third kappa shape index (κ3) is 36.4. The number of nitrogens with one attached hydrogen (secondary N) is 3. The summed E-state index contributed by atoms with van der Waals surface area (Å²) in [5, 5.41) is 7.90. The number of carbonyl (C=O) groups is 11. The highest BCUT2D eigenvalue weighted by Crippen LogP contribution is 2.19. The molecule has 0 aliphatic carbocycles. The van der Waals surface area contributed by atoms with Crippen LogP contribution in [0.4, 0.5) is 4.79 Å². The van der Waals surface area contributed by atoms with Crippen LogP contribution in [0, 0.1) is 0 Å². The van der Waals surface area contributed by atoms with Crippen molar-refractivity contribution in [1.29, 1.82) is 0 Å². The Morgan fingerprint density at radius 1 is 0.435 bits per heavy atom. The van der Waals surface area contributed by atoms with Gasteiger partial charge in [-0.3, -0.25) is 43.3 Å². The van der Waals surface area contributed by atoms with E-state index in [2.05, 4.69) is 25.9 Å². The molecule has 0 fully saturated rings. The zero-order valence-corrected chi connectivity index (χ0v) is 58.5. The van der Waals surface area contributed by atoms with Gasteiger partial charge in [0.1, 0.15) is 102 Å². The van der Waals surface area contributed by atoms with Crippen LogP contribution in [0.25, 0.3) is 0 Å². The van der Waals surface area contributed by atoms with E-state index < -0.39 is 143 Å². The Morgan fingerprint density at radius 3 is 1.10 bits per heavy atom. The quantitative estimate of drug-likeness (QED) is 0.0428. The summed E-state index contributed by atoms with van der Waals surface area (Å²) in [4.78, 5) is 160. The standard InChI is InChI=1S/C64H106N10O18/c1-58(2,3)86-50(78)28-26-44(56(84)92-64(19,20)21)69-57(85)68-43(55(83)91-63(16,17)18)25-27-47(75)67-29-23-22-24-32-70(35-45-65-30-33-71(45)37-48(76)73(39-51(79)87-59(4,5)6)40-52(80)88-60(7,8)9)36-46-66-31-34-72(46)38-49(77)74(41-53(81)89-61(10,11)12)42-54(82)90-62(13,14)15/h30-31,33-34,43-44H,22-29,32,35-42H2,1-21H3,(H,67,75)(H2,68,69,85)/t43-,44-/m0/s1. The topological polar surface area (TPSA) is 334 Å². The average Bonchev–Trinajstić information content (AvgIpc) is 1.64. The van der Waals surface area contributed by atoms with E-state index in [0.717, 1.165) is 9.80 Å². The zero-order chi connectivity index (χ0) is 70.4. The molecule has 0 aliphatic heterocycles. The Morgan fingerprint density at radius 2 is 0.761 bits per heavy atom. The number of ether oxygens (including phenoxy) is 7. The van der Waals surface area contributed by atoms with Gasteiger partial charge in [0.25, 0.3) is 0 Å². The van der Waals surface area contributed by atoms with E-state index in [-0.39, 0.29) is 58.4 Å². The van der Waals surface area contributed by atoms with E-state index >= 15 is 0 Å². The molecule has 3 N–H and O–H groups in total. The van der Waals surface area contributed by atoms with Gasteiger partial charge in [-0.1, -0.05) is 6.42 Å². The molecule has 0 saturated heterocycles. The lowest BCUT2D eigenvalue weighted by Crippen LogP contribution is -2.53. The first kappa shape index (κ1) is 80.4. The Bertz CT molecular complexity index is 2640. The van der Waals surface area contributed by atoms with E-state index in [0.29, 0.717) is 37.5 Å². The number of hydrogen-bond acceptors (Lipinski definition) is 21. The van der Waals surface area contributed by atoms with E-state index in [4.69, 9.17) is 33.2 Å². The Balaban J connectivity index is 2.40. The Labute approximate surface area is 542 Å². The molecule has 0 spiro atoms. The minimum absolute atomic E-state index is 0.109. The van der Waals surface area contributed by atoms with Gasteiger partial charge in [-0.2, -0.15) is 0 Å². The molecule has 2 heterocycles. The zero-order valence-electron chi connectivity index (χ0n) is 58.5. The number of carbonyl (C=O) groups excluding carboxylic acids is 11. The first-order valence-corrected chi connectivity index (χ1v) is 31.1. The van der Waals surface area contributed by atoms with Gasteiger partial charge in [-0.25, -0.2) is 24.4 Å². The van der Waals surface area contributed by atoms with Crippen molar-refractivity contribution in [2.45, 2.75) is 268 Å². The molecular formula is C64H106N10O18. The van der Waals surface area contributed by atoms with Gasteiger partial charge in [0, 0.05) is 44.2 Å². The molecule has 28 nitrogen and oxygen atoms in total. The molecule has 5 amide bonds. The maximum absolute atomic E-state index is 14.1. The lowest BCUT2D eigenvalue weighted by atomic mass is 10.1. The van der Waals surface area contributed by atoms with E-state index in [1.165, 1.54) is 12.4 Å². The molecular weight excluding hydrogens is 1200 g/mol. The molecule has 92 heavy (non-hydrogen) atoms. The Hall–Kier alpha value is -7.65. The SMILES string of the molecule is CC(C)(C)OC(=O)CC[C@H](NC(=O)N[C@@H](CCC(=O)NCCCCCN(Cc1nccn1CC(=O)N(CC(=O)OC(C)(C)C)CC(=O)OC(C)(C)C)Cc1nccn1CC(=O)N(CC(=O)OC(C)(C)C)CC(=O)OC(C)(C)C)C(=O)OC(C)(C)C)C(=O)OC(C)(C)C. The molecule has 2 atom stereocenters. The summed E-state index contributed by atoms with van der Waals surface area (Å²) >= 11 is 0. The van der Waals surface area contributed by atoms with Crippen LogP contribution in [0.5, 0.6) is 0 Å². The molecule has 2 aromatic rings. The monoisotopic (exact) mass is 1300 g/mol. The third-order valence-electron chi connectivity index (χ3n) is 11.8. The highest BCUT2D eigenvalue weighted by atomic mass is 16.6. The number of hydrogen-bond donors (Lipinski definition) is 3. The van der Waals surface area contributed by atoms with Crippen LogP contribution in [-0.2, 0) is 107 Å². The van der Waals surface area contributed by atoms with Gasteiger partial charge < -0.3 is 68.0 Å². The van der Waals surface area contributed by atoms with Crippen LogP contribution in [0.1, 0.15) is 202 Å². The number of nitrogens with zero attached hydrogens (tertiary/aromatic N) is 7. The number of unbranched alkanes of at least 4 members (excludes halogenated alkanes) is 2. The van der Waals surface area contributed by atoms with E-state index in [9.17, 15) is 52.7 Å². The summed E-state index contributed by atoms with van der Waals surface area (Å²) in [6, 6.07) is -3.59. The summed E-state index contributed by atoms with van der Waals surface area (Å²) in [7, 11) is 0. The van der Waals surface area contributed by atoms with Crippen LogP contribution in [0.3, 0.4) is 0 Å². The number of esters is 7. The minimum atomic E-state index is -1.33. The number of imidazole rings is 2. The molecule has 2 aromatic heterocycles. The van der Waals surface area contributed by atoms with Gasteiger partial charge in [-0.15, -0.1) is 0 Å². The molecule has 0 radical (unpaired) electrons. The highest BCUT2D eigenvalue weighted by molar-refractivity contribution is 5.89. The number of aromatic nitrogens is 4. The van der Waals surface area contributed by atoms with Crippen molar-refractivity contribution >= 4 is 65.5 Å². The van der Waals surface area contributed by atoms with Gasteiger partial charge in [0.2, 0.25) is 17.7 Å². The third-order valence-corrected chi connectivity index (χ3v) is 11.8. The van der Waals surface area contributed by atoms with Crippen molar-refractivity contribution in [3.05, 3.63) is 36.4 Å². The van der Waals surface area contributed by atoms with Gasteiger partial charge in [0.05, 0.1) is 13.1 Å². The molecule has 0 bridgehead atoms. The van der Waals surface area contributed by atoms with E-state index in [1.807, 2.05) is 4.90 Å². The number of urea groups is 1. The van der Waals surface area contributed by atoms with Crippen molar-refractivity contribution in [2.24, 2.45) is 0 Å². The Kier molecular flexibility index (Phi) is 30.5. The number of rotatable bonds is 32.